The molecule has 1 aliphatic rings. The third-order valence-corrected chi connectivity index (χ3v) is 5.04. The molecule has 0 aromatic heterocycles. The van der Waals surface area contributed by atoms with E-state index in [-0.39, 0.29) is 0 Å². The van der Waals surface area contributed by atoms with Crippen molar-refractivity contribution in [2.45, 2.75) is 12.8 Å². The van der Waals surface area contributed by atoms with E-state index >= 15 is 0 Å². The van der Waals surface area contributed by atoms with Crippen LogP contribution in [-0.4, -0.2) is 6.61 Å². The summed E-state index contributed by atoms with van der Waals surface area (Å²) in [6.45, 7) is 2.08. The van der Waals surface area contributed by atoms with Crippen LogP contribution in [0.1, 0.15) is 18.3 Å². The molecule has 2 aromatic rings. The maximum absolute atomic E-state index is 13.0. The Kier molecular flexibility index (Phi) is 3.51. The normalized spacial score (nSPS) is 24.4. The summed E-state index contributed by atoms with van der Waals surface area (Å²) in [5.74, 6) is 0.294. The quantitative estimate of drug-likeness (QED) is 0.787. The molecule has 0 N–H and O–H groups in total. The van der Waals surface area contributed by atoms with Gasteiger partial charge in [-0.1, -0.05) is 42.5 Å². The Morgan fingerprint density at radius 1 is 1.05 bits per heavy atom. The predicted octanol–water partition coefficient (Wildman–Crippen LogP) is 4.39. The topological polar surface area (TPSA) is 44.8 Å². The van der Waals surface area contributed by atoms with Crippen molar-refractivity contribution in [1.82, 2.24) is 0 Å². The first-order valence-electron chi connectivity index (χ1n) is 6.47. The van der Waals surface area contributed by atoms with Crippen molar-refractivity contribution in [2.75, 3.05) is 6.61 Å². The van der Waals surface area contributed by atoms with Crippen LogP contribution in [0.5, 0.6) is 11.5 Å². The third-order valence-electron chi connectivity index (χ3n) is 2.99. The van der Waals surface area contributed by atoms with Gasteiger partial charge in [0.2, 0.25) is 5.85 Å². The van der Waals surface area contributed by atoms with Crippen molar-refractivity contribution < 1.29 is 18.3 Å². The lowest BCUT2D eigenvalue weighted by Crippen LogP contribution is -2.18. The highest BCUT2D eigenvalue weighted by molar-refractivity contribution is 7.54. The van der Waals surface area contributed by atoms with Gasteiger partial charge in [0.15, 0.2) is 11.5 Å². The van der Waals surface area contributed by atoms with E-state index in [1.165, 1.54) is 0 Å². The van der Waals surface area contributed by atoms with E-state index in [9.17, 15) is 4.57 Å². The molecule has 104 valence electrons. The monoisotopic (exact) mass is 290 g/mol. The average molecular weight is 290 g/mol. The molecule has 0 radical (unpaired) electrons. The number of hydrogen-bond acceptors (Lipinski definition) is 4. The van der Waals surface area contributed by atoms with Crippen LogP contribution in [0.25, 0.3) is 0 Å². The zero-order valence-corrected chi connectivity index (χ0v) is 12.0. The fraction of sp³-hybridized carbons (Fsp3) is 0.200. The summed E-state index contributed by atoms with van der Waals surface area (Å²) in [7, 11) is -3.40. The smallest absolute Gasteiger partial charge is 0.424 e. The highest BCUT2D eigenvalue weighted by Crippen LogP contribution is 2.65. The first-order valence-corrected chi connectivity index (χ1v) is 8.08. The summed E-state index contributed by atoms with van der Waals surface area (Å²) in [5, 5.41) is 0. The van der Waals surface area contributed by atoms with E-state index in [1.54, 1.807) is 25.1 Å². The maximum Gasteiger partial charge on any atom is 0.424 e. The summed E-state index contributed by atoms with van der Waals surface area (Å²) in [5.41, 5.74) is 0.777. The second-order valence-electron chi connectivity index (χ2n) is 4.38. The number of rotatable bonds is 3. The van der Waals surface area contributed by atoms with Crippen LogP contribution in [-0.2, 0) is 9.09 Å². The lowest BCUT2D eigenvalue weighted by molar-refractivity contribution is 0.173. The minimum atomic E-state index is -3.40. The SMILES string of the molecule is CCOP1(=O)Oc2ccccc2OC1c1ccccc1. The third kappa shape index (κ3) is 2.33. The van der Waals surface area contributed by atoms with E-state index in [0.29, 0.717) is 18.1 Å². The highest BCUT2D eigenvalue weighted by atomic mass is 31.2. The molecule has 0 amide bonds. The fourth-order valence-corrected chi connectivity index (χ4v) is 3.98. The van der Waals surface area contributed by atoms with Crippen molar-refractivity contribution in [3.05, 3.63) is 60.2 Å². The van der Waals surface area contributed by atoms with E-state index < -0.39 is 13.4 Å². The van der Waals surface area contributed by atoms with Gasteiger partial charge in [-0.15, -0.1) is 0 Å². The zero-order valence-electron chi connectivity index (χ0n) is 11.1. The lowest BCUT2D eigenvalue weighted by atomic mass is 10.2. The van der Waals surface area contributed by atoms with Crippen molar-refractivity contribution in [1.29, 1.82) is 0 Å². The number of benzene rings is 2. The Bertz CT molecular complexity index is 641. The highest BCUT2D eigenvalue weighted by Gasteiger charge is 2.44. The van der Waals surface area contributed by atoms with Crippen LogP contribution < -0.4 is 9.26 Å². The van der Waals surface area contributed by atoms with Gasteiger partial charge in [0.05, 0.1) is 6.61 Å². The molecule has 2 aromatic carbocycles. The molecule has 0 spiro atoms. The summed E-state index contributed by atoms with van der Waals surface area (Å²) in [6, 6.07) is 16.5. The molecule has 5 heteroatoms. The molecule has 1 heterocycles. The zero-order chi connectivity index (χ0) is 14.0. The number of ether oxygens (including phenoxy) is 1. The van der Waals surface area contributed by atoms with Gasteiger partial charge in [-0.3, -0.25) is 4.52 Å². The second-order valence-corrected chi connectivity index (χ2v) is 6.37. The maximum atomic E-state index is 13.0. The van der Waals surface area contributed by atoms with Crippen molar-refractivity contribution in [3.8, 4) is 11.5 Å². The van der Waals surface area contributed by atoms with Gasteiger partial charge in [-0.05, 0) is 19.1 Å². The molecule has 2 atom stereocenters. The summed E-state index contributed by atoms with van der Waals surface area (Å²) >= 11 is 0. The summed E-state index contributed by atoms with van der Waals surface area (Å²) in [4.78, 5) is 0. The summed E-state index contributed by atoms with van der Waals surface area (Å²) < 4.78 is 29.9. The molecule has 0 saturated heterocycles. The largest absolute Gasteiger partial charge is 0.468 e. The van der Waals surface area contributed by atoms with Crippen LogP contribution in [0.15, 0.2) is 54.6 Å². The Hall–Kier alpha value is -1.77. The van der Waals surface area contributed by atoms with Gasteiger partial charge in [0.25, 0.3) is 0 Å². The van der Waals surface area contributed by atoms with Gasteiger partial charge >= 0.3 is 7.60 Å². The van der Waals surface area contributed by atoms with Gasteiger partial charge in [0, 0.05) is 5.56 Å². The minimum absolute atomic E-state index is 0.298. The van der Waals surface area contributed by atoms with Crippen LogP contribution >= 0.6 is 7.60 Å². The number of fused-ring (bicyclic) bond motifs is 1. The van der Waals surface area contributed by atoms with Gasteiger partial charge < -0.3 is 9.26 Å². The Morgan fingerprint density at radius 3 is 2.40 bits per heavy atom. The first kappa shape index (κ1) is 13.2. The Balaban J connectivity index is 2.05. The number of para-hydroxylation sites is 2. The van der Waals surface area contributed by atoms with Crippen LogP contribution in [0.3, 0.4) is 0 Å². The lowest BCUT2D eigenvalue weighted by Gasteiger charge is -2.32. The van der Waals surface area contributed by atoms with Crippen molar-refractivity contribution in [2.24, 2.45) is 0 Å². The average Bonchev–Trinajstić information content (AvgIpc) is 2.47. The first-order chi connectivity index (χ1) is 9.73. The van der Waals surface area contributed by atoms with Crippen LogP contribution in [0.2, 0.25) is 0 Å². The second kappa shape index (κ2) is 5.31. The predicted molar refractivity (Wildman–Crippen MR) is 76.1 cm³/mol. The molecule has 20 heavy (non-hydrogen) atoms. The molecule has 0 aliphatic carbocycles. The molecule has 3 rings (SSSR count). The molecule has 0 bridgehead atoms. The molecule has 4 nitrogen and oxygen atoms in total. The van der Waals surface area contributed by atoms with Gasteiger partial charge in [-0.2, -0.15) is 0 Å². The van der Waals surface area contributed by atoms with E-state index in [2.05, 4.69) is 0 Å². The molecular formula is C15H15O4P. The standard InChI is InChI=1S/C15H15O4P/c1-2-17-20(16)15(12-8-4-3-5-9-12)18-13-10-6-7-11-14(13)19-20/h3-11,15H,2H2,1H3. The van der Waals surface area contributed by atoms with Crippen LogP contribution in [0.4, 0.5) is 0 Å². The van der Waals surface area contributed by atoms with E-state index in [4.69, 9.17) is 13.8 Å². The molecule has 1 aliphatic heterocycles. The molecular weight excluding hydrogens is 275 g/mol. The van der Waals surface area contributed by atoms with Gasteiger partial charge in [0.1, 0.15) is 0 Å². The van der Waals surface area contributed by atoms with Gasteiger partial charge in [-0.25, -0.2) is 4.57 Å². The van der Waals surface area contributed by atoms with Crippen molar-refractivity contribution in [3.63, 3.8) is 0 Å². The molecule has 0 fully saturated rings. The Labute approximate surface area is 117 Å². The minimum Gasteiger partial charge on any atom is -0.468 e. The van der Waals surface area contributed by atoms with Crippen LogP contribution in [0, 0.1) is 0 Å². The number of hydrogen-bond donors (Lipinski definition) is 0. The summed E-state index contributed by atoms with van der Waals surface area (Å²) in [6.07, 6.45) is 0. The van der Waals surface area contributed by atoms with Crippen molar-refractivity contribution >= 4 is 7.60 Å². The molecule has 2 unspecified atom stereocenters. The molecule has 0 saturated carbocycles. The fourth-order valence-electron chi connectivity index (χ4n) is 2.13. The van der Waals surface area contributed by atoms with E-state index in [0.717, 1.165) is 5.56 Å². The van der Waals surface area contributed by atoms with E-state index in [1.807, 2.05) is 36.4 Å². The Morgan fingerprint density at radius 2 is 1.70 bits per heavy atom.